The number of nitrogens with one attached hydrogen (secondary N) is 1. The van der Waals surface area contributed by atoms with Gasteiger partial charge in [-0.2, -0.15) is 4.80 Å². The summed E-state index contributed by atoms with van der Waals surface area (Å²) in [5.74, 6) is 5.48. The number of hydrogen-bond acceptors (Lipinski definition) is 5. The Hall–Kier alpha value is -1.57. The maximum Gasteiger partial charge on any atom is 0.176 e. The van der Waals surface area contributed by atoms with Crippen LogP contribution in [-0.2, 0) is 13.5 Å². The lowest BCUT2D eigenvalue weighted by Crippen LogP contribution is -2.30. The van der Waals surface area contributed by atoms with Crippen molar-refractivity contribution < 1.29 is 4.39 Å². The van der Waals surface area contributed by atoms with Crippen LogP contribution in [0, 0.1) is 5.82 Å². The van der Waals surface area contributed by atoms with E-state index in [0.29, 0.717) is 22.8 Å². The number of tetrazole rings is 1. The molecule has 0 saturated carbocycles. The first-order chi connectivity index (χ1) is 8.61. The number of nitrogens with zero attached hydrogens (tertiary/aromatic N) is 4. The number of nitrogens with two attached hydrogens (primary N) is 1. The SMILES string of the molecule is Cn1nnc(CC(NN)c2c(F)cccc2Cl)n1. The number of hydrazine groups is 1. The Morgan fingerprint density at radius 2 is 2.33 bits per heavy atom. The number of benzene rings is 1. The summed E-state index contributed by atoms with van der Waals surface area (Å²) >= 11 is 5.98. The second-order valence-electron chi connectivity index (χ2n) is 3.75. The van der Waals surface area contributed by atoms with Crippen LogP contribution in [0.2, 0.25) is 5.02 Å². The fourth-order valence-electron chi connectivity index (χ4n) is 1.68. The quantitative estimate of drug-likeness (QED) is 0.633. The van der Waals surface area contributed by atoms with Gasteiger partial charge in [0.25, 0.3) is 0 Å². The van der Waals surface area contributed by atoms with Crippen molar-refractivity contribution in [3.8, 4) is 0 Å². The topological polar surface area (TPSA) is 81.7 Å². The second-order valence-corrected chi connectivity index (χ2v) is 4.16. The predicted octanol–water partition coefficient (Wildman–Crippen LogP) is 0.750. The fourth-order valence-corrected chi connectivity index (χ4v) is 1.97. The lowest BCUT2D eigenvalue weighted by molar-refractivity contribution is 0.501. The van der Waals surface area contributed by atoms with Crippen molar-refractivity contribution in [3.05, 3.63) is 40.4 Å². The van der Waals surface area contributed by atoms with Gasteiger partial charge in [-0.25, -0.2) is 4.39 Å². The fraction of sp³-hybridized carbons (Fsp3) is 0.300. The molecule has 0 fully saturated rings. The van der Waals surface area contributed by atoms with Crippen LogP contribution in [0.1, 0.15) is 17.4 Å². The Morgan fingerprint density at radius 3 is 2.89 bits per heavy atom. The van der Waals surface area contributed by atoms with Gasteiger partial charge in [0.05, 0.1) is 13.1 Å². The van der Waals surface area contributed by atoms with Gasteiger partial charge in [-0.3, -0.25) is 11.3 Å². The number of aromatic nitrogens is 4. The summed E-state index contributed by atoms with van der Waals surface area (Å²) in [5.41, 5.74) is 2.82. The van der Waals surface area contributed by atoms with Crippen LogP contribution >= 0.6 is 11.6 Å². The maximum atomic E-state index is 13.8. The molecule has 0 aliphatic carbocycles. The molecule has 1 aromatic carbocycles. The molecule has 1 unspecified atom stereocenters. The van der Waals surface area contributed by atoms with Crippen molar-refractivity contribution in [2.24, 2.45) is 12.9 Å². The average Bonchev–Trinajstić information content (AvgIpc) is 2.73. The van der Waals surface area contributed by atoms with Gasteiger partial charge in [0, 0.05) is 17.0 Å². The maximum absolute atomic E-state index is 13.8. The lowest BCUT2D eigenvalue weighted by atomic mass is 10.0. The van der Waals surface area contributed by atoms with Crippen LogP contribution in [-0.4, -0.2) is 20.2 Å². The summed E-state index contributed by atoms with van der Waals surface area (Å²) in [6.07, 6.45) is 0.297. The van der Waals surface area contributed by atoms with E-state index in [0.717, 1.165) is 0 Å². The molecular formula is C10H12ClFN6. The van der Waals surface area contributed by atoms with E-state index in [4.69, 9.17) is 17.4 Å². The minimum absolute atomic E-state index is 0.297. The minimum Gasteiger partial charge on any atom is -0.271 e. The van der Waals surface area contributed by atoms with E-state index in [2.05, 4.69) is 20.8 Å². The van der Waals surface area contributed by atoms with Gasteiger partial charge in [-0.05, 0) is 17.3 Å². The lowest BCUT2D eigenvalue weighted by Gasteiger charge is -2.16. The van der Waals surface area contributed by atoms with Gasteiger partial charge < -0.3 is 0 Å². The van der Waals surface area contributed by atoms with Crippen molar-refractivity contribution in [2.75, 3.05) is 0 Å². The summed E-state index contributed by atoms with van der Waals surface area (Å²) in [6.45, 7) is 0. The summed E-state index contributed by atoms with van der Waals surface area (Å²) in [4.78, 5) is 1.33. The van der Waals surface area contributed by atoms with Gasteiger partial charge in [0.1, 0.15) is 5.82 Å². The monoisotopic (exact) mass is 270 g/mol. The molecule has 18 heavy (non-hydrogen) atoms. The number of rotatable bonds is 4. The van der Waals surface area contributed by atoms with Crippen molar-refractivity contribution in [2.45, 2.75) is 12.5 Å². The third-order valence-corrected chi connectivity index (χ3v) is 2.82. The van der Waals surface area contributed by atoms with Crippen LogP contribution < -0.4 is 11.3 Å². The molecule has 0 aliphatic heterocycles. The molecule has 6 nitrogen and oxygen atoms in total. The first kappa shape index (κ1) is 12.9. The van der Waals surface area contributed by atoms with Crippen LogP contribution in [0.4, 0.5) is 4.39 Å². The zero-order valence-corrected chi connectivity index (χ0v) is 10.4. The van der Waals surface area contributed by atoms with Crippen LogP contribution in [0.15, 0.2) is 18.2 Å². The molecule has 1 heterocycles. The Kier molecular flexibility index (Phi) is 3.85. The average molecular weight is 271 g/mol. The van der Waals surface area contributed by atoms with Crippen LogP contribution in [0.5, 0.6) is 0 Å². The van der Waals surface area contributed by atoms with Gasteiger partial charge in [0.2, 0.25) is 0 Å². The molecule has 0 bridgehead atoms. The highest BCUT2D eigenvalue weighted by molar-refractivity contribution is 6.31. The molecule has 1 aromatic heterocycles. The van der Waals surface area contributed by atoms with Gasteiger partial charge in [0.15, 0.2) is 5.82 Å². The predicted molar refractivity (Wildman–Crippen MR) is 64.0 cm³/mol. The zero-order chi connectivity index (χ0) is 13.1. The highest BCUT2D eigenvalue weighted by atomic mass is 35.5. The van der Waals surface area contributed by atoms with Gasteiger partial charge in [-0.15, -0.1) is 10.2 Å². The largest absolute Gasteiger partial charge is 0.271 e. The van der Waals surface area contributed by atoms with E-state index < -0.39 is 11.9 Å². The first-order valence-corrected chi connectivity index (χ1v) is 5.62. The highest BCUT2D eigenvalue weighted by Gasteiger charge is 2.20. The second kappa shape index (κ2) is 5.38. The Morgan fingerprint density at radius 1 is 1.56 bits per heavy atom. The van der Waals surface area contributed by atoms with E-state index >= 15 is 0 Å². The van der Waals surface area contributed by atoms with E-state index in [1.54, 1.807) is 13.1 Å². The van der Waals surface area contributed by atoms with E-state index in [1.165, 1.54) is 16.9 Å². The Labute approximate surface area is 108 Å². The van der Waals surface area contributed by atoms with E-state index in [9.17, 15) is 4.39 Å². The summed E-state index contributed by atoms with van der Waals surface area (Å²) in [6, 6.07) is 3.96. The van der Waals surface area contributed by atoms with E-state index in [-0.39, 0.29) is 0 Å². The van der Waals surface area contributed by atoms with Crippen molar-refractivity contribution in [3.63, 3.8) is 0 Å². The molecule has 2 aromatic rings. The van der Waals surface area contributed by atoms with Crippen molar-refractivity contribution in [1.82, 2.24) is 25.6 Å². The molecule has 0 spiro atoms. The summed E-state index contributed by atoms with van der Waals surface area (Å²) in [7, 11) is 1.65. The summed E-state index contributed by atoms with van der Waals surface area (Å²) in [5, 5.41) is 11.9. The Balaban J connectivity index is 2.28. The number of aryl methyl sites for hydroxylation is 1. The van der Waals surface area contributed by atoms with Gasteiger partial charge >= 0.3 is 0 Å². The van der Waals surface area contributed by atoms with Crippen molar-refractivity contribution >= 4 is 11.6 Å². The molecular weight excluding hydrogens is 259 g/mol. The number of halogens is 2. The molecule has 1 atom stereocenters. The van der Waals surface area contributed by atoms with Crippen LogP contribution in [0.3, 0.4) is 0 Å². The molecule has 0 saturated heterocycles. The van der Waals surface area contributed by atoms with E-state index in [1.807, 2.05) is 0 Å². The molecule has 2 rings (SSSR count). The summed E-state index contributed by atoms with van der Waals surface area (Å²) < 4.78 is 13.8. The molecule has 0 radical (unpaired) electrons. The van der Waals surface area contributed by atoms with Crippen molar-refractivity contribution in [1.29, 1.82) is 0 Å². The third-order valence-electron chi connectivity index (χ3n) is 2.49. The first-order valence-electron chi connectivity index (χ1n) is 5.24. The Bertz CT molecular complexity index is 523. The highest BCUT2D eigenvalue weighted by Crippen LogP contribution is 2.27. The van der Waals surface area contributed by atoms with Crippen LogP contribution in [0.25, 0.3) is 0 Å². The number of hydrogen-bond donors (Lipinski definition) is 2. The minimum atomic E-state index is -0.511. The molecule has 0 amide bonds. The zero-order valence-electron chi connectivity index (χ0n) is 9.64. The molecule has 96 valence electrons. The standard InChI is InChI=1S/C10H12ClFN6/c1-18-16-9(15-17-18)5-8(14-13)10-6(11)3-2-4-7(10)12/h2-4,8,14H,5,13H2,1H3. The molecule has 8 heteroatoms. The van der Waals surface area contributed by atoms with Gasteiger partial charge in [-0.1, -0.05) is 17.7 Å². The third kappa shape index (κ3) is 2.63. The molecule has 3 N–H and O–H groups in total. The smallest absolute Gasteiger partial charge is 0.176 e. The molecule has 0 aliphatic rings. The normalized spacial score (nSPS) is 12.7.